The largest absolute Gasteiger partial charge is 0.281 e. The first-order valence-electron chi connectivity index (χ1n) is 15.5. The molecule has 6 rings (SSSR count). The van der Waals surface area contributed by atoms with Crippen molar-refractivity contribution in [2.75, 3.05) is 0 Å². The molecule has 1 N–H and O–H groups in total. The van der Waals surface area contributed by atoms with Crippen LogP contribution in [0.3, 0.4) is 0 Å². The molecule has 0 aromatic heterocycles. The third-order valence-corrected chi connectivity index (χ3v) is 9.19. The van der Waals surface area contributed by atoms with Gasteiger partial charge in [0.15, 0.2) is 0 Å². The average Bonchev–Trinajstić information content (AvgIpc) is 3.04. The number of benzene rings is 4. The minimum absolute atomic E-state index is 0.166. The molecule has 0 radical (unpaired) electrons. The fourth-order valence-electron chi connectivity index (χ4n) is 7.16. The maximum Gasteiger partial charge on any atom is 0.277 e. The van der Waals surface area contributed by atoms with E-state index in [4.69, 9.17) is 0 Å². The number of rotatable bonds is 10. The third kappa shape index (κ3) is 4.79. The van der Waals surface area contributed by atoms with E-state index in [0.717, 1.165) is 9.80 Å². The zero-order valence-corrected chi connectivity index (χ0v) is 26.8. The molecule has 4 aromatic rings. The number of non-ortho nitro benzene ring substituents is 2. The van der Waals surface area contributed by atoms with Crippen molar-refractivity contribution in [3.05, 3.63) is 103 Å². The Morgan fingerprint density at radius 3 is 1.48 bits per heavy atom. The van der Waals surface area contributed by atoms with Gasteiger partial charge >= 0.3 is 0 Å². The normalized spacial score (nSPS) is 16.3. The molecule has 0 spiro atoms. The van der Waals surface area contributed by atoms with Crippen molar-refractivity contribution >= 4 is 56.5 Å². The Hall–Kier alpha value is -5.60. The number of nitro benzene ring substituents is 2. The number of carbonyl (C=O) groups is 4. The van der Waals surface area contributed by atoms with Crippen molar-refractivity contribution in [3.8, 4) is 0 Å². The second-order valence-electron chi connectivity index (χ2n) is 12.1. The van der Waals surface area contributed by atoms with Crippen molar-refractivity contribution in [3.63, 3.8) is 0 Å². The zero-order valence-electron chi connectivity index (χ0n) is 26.8. The van der Waals surface area contributed by atoms with Crippen molar-refractivity contribution < 1.29 is 29.0 Å². The van der Waals surface area contributed by atoms with E-state index in [1.807, 2.05) is 25.7 Å². The molecular weight excluding hydrogens is 620 g/mol. The molecule has 48 heavy (non-hydrogen) atoms. The van der Waals surface area contributed by atoms with Gasteiger partial charge in [-0.3, -0.25) is 59.4 Å². The number of hydrogen-bond donors (Lipinski definition) is 1. The highest BCUT2D eigenvalue weighted by Crippen LogP contribution is 2.38. The Morgan fingerprint density at radius 1 is 0.667 bits per heavy atom. The highest BCUT2D eigenvalue weighted by molar-refractivity contribution is 6.27. The average molecular weight is 653 g/mol. The van der Waals surface area contributed by atoms with Crippen LogP contribution in [0, 0.1) is 20.2 Å². The smallest absolute Gasteiger partial charge is 0.277 e. The number of hydrogen-bond acceptors (Lipinski definition) is 10. The Morgan fingerprint density at radius 2 is 1.08 bits per heavy atom. The summed E-state index contributed by atoms with van der Waals surface area (Å²) in [6, 6.07) is 14.2. The fourth-order valence-corrected chi connectivity index (χ4v) is 7.16. The zero-order chi connectivity index (χ0) is 34.8. The van der Waals surface area contributed by atoms with Crippen molar-refractivity contribution in [2.45, 2.75) is 65.6 Å². The standard InChI is InChI=1S/C34H32N6O8/c1-6-28(35-18(4)37-31(41)22-11-7-9-20-26(39(45)46)15-13-24(29(20)22)32(37)42)36(17(2)3)19(5)38-33(43)23-12-8-10-21-27(40(47)48)16-14-25(30(21)23)34(38)44/h7-19,28,35H,6H2,1-5H3. The molecule has 3 unspecified atom stereocenters. The predicted molar refractivity (Wildman–Crippen MR) is 175 cm³/mol. The van der Waals surface area contributed by atoms with Gasteiger partial charge in [0.1, 0.15) is 0 Å². The molecule has 14 heteroatoms. The Kier molecular flexibility index (Phi) is 8.01. The second kappa shape index (κ2) is 11.9. The van der Waals surface area contributed by atoms with Crippen LogP contribution in [0.25, 0.3) is 21.5 Å². The van der Waals surface area contributed by atoms with Gasteiger partial charge in [-0.25, -0.2) is 0 Å². The van der Waals surface area contributed by atoms with Crippen LogP contribution in [0.15, 0.2) is 60.7 Å². The van der Waals surface area contributed by atoms with Crippen molar-refractivity contribution in [1.82, 2.24) is 20.0 Å². The highest BCUT2D eigenvalue weighted by Gasteiger charge is 2.43. The van der Waals surface area contributed by atoms with E-state index in [2.05, 4.69) is 5.32 Å². The van der Waals surface area contributed by atoms with E-state index in [1.165, 1.54) is 42.5 Å². The maximum atomic E-state index is 14.0. The van der Waals surface area contributed by atoms with Crippen LogP contribution >= 0.6 is 0 Å². The van der Waals surface area contributed by atoms with Crippen LogP contribution in [0.4, 0.5) is 11.4 Å². The summed E-state index contributed by atoms with van der Waals surface area (Å²) in [5.74, 6) is -2.42. The Labute approximate surface area is 274 Å². The lowest BCUT2D eigenvalue weighted by molar-refractivity contribution is -0.383. The molecule has 14 nitrogen and oxygen atoms in total. The summed E-state index contributed by atoms with van der Waals surface area (Å²) >= 11 is 0. The fraction of sp³-hybridized carbons (Fsp3) is 0.294. The van der Waals surface area contributed by atoms with Crippen LogP contribution in [-0.2, 0) is 0 Å². The minimum Gasteiger partial charge on any atom is -0.281 e. The number of nitrogens with one attached hydrogen (secondary N) is 1. The van der Waals surface area contributed by atoms with Gasteiger partial charge in [0.25, 0.3) is 35.0 Å². The van der Waals surface area contributed by atoms with Gasteiger partial charge < -0.3 is 0 Å². The first-order chi connectivity index (χ1) is 22.8. The number of nitrogens with zero attached hydrogens (tertiary/aromatic N) is 5. The molecule has 0 fully saturated rings. The molecular formula is C34H32N6O8. The van der Waals surface area contributed by atoms with E-state index in [0.29, 0.717) is 6.42 Å². The van der Waals surface area contributed by atoms with Crippen LogP contribution in [0.1, 0.15) is 82.5 Å². The SMILES string of the molecule is CCC(NC(C)N1C(=O)c2cccc3c([N+](=O)[O-])ccc(c23)C1=O)N(C(C)C)C(C)N1C(=O)c2cccc3c([N+](=O)[O-])ccc(c23)C1=O. The van der Waals surface area contributed by atoms with Gasteiger partial charge in [-0.2, -0.15) is 0 Å². The lowest BCUT2D eigenvalue weighted by atomic mass is 9.92. The van der Waals surface area contributed by atoms with E-state index < -0.39 is 52.0 Å². The molecule has 4 amide bonds. The third-order valence-electron chi connectivity index (χ3n) is 9.19. The summed E-state index contributed by atoms with van der Waals surface area (Å²) in [6.45, 7) is 9.03. The summed E-state index contributed by atoms with van der Waals surface area (Å²) in [7, 11) is 0. The van der Waals surface area contributed by atoms with Crippen LogP contribution in [0.5, 0.6) is 0 Å². The van der Waals surface area contributed by atoms with E-state index in [9.17, 15) is 39.4 Å². The topological polar surface area (TPSA) is 176 Å². The van der Waals surface area contributed by atoms with Gasteiger partial charge in [-0.05, 0) is 70.5 Å². The lowest BCUT2D eigenvalue weighted by Gasteiger charge is -2.46. The number of nitro groups is 2. The van der Waals surface area contributed by atoms with Gasteiger partial charge in [-0.1, -0.05) is 19.1 Å². The van der Waals surface area contributed by atoms with Crippen LogP contribution in [-0.4, -0.2) is 72.7 Å². The minimum atomic E-state index is -0.871. The van der Waals surface area contributed by atoms with Crippen molar-refractivity contribution in [2.24, 2.45) is 0 Å². The van der Waals surface area contributed by atoms with E-state index >= 15 is 0 Å². The number of carbonyl (C=O) groups excluding carboxylic acids is 4. The first kappa shape index (κ1) is 32.3. The molecule has 0 saturated carbocycles. The van der Waals surface area contributed by atoms with Crippen LogP contribution < -0.4 is 5.32 Å². The summed E-state index contributed by atoms with van der Waals surface area (Å²) in [5, 5.41) is 27.6. The molecule has 0 saturated heterocycles. The molecule has 2 heterocycles. The van der Waals surface area contributed by atoms with E-state index in [-0.39, 0.29) is 61.2 Å². The van der Waals surface area contributed by atoms with E-state index in [1.54, 1.807) is 32.0 Å². The molecule has 3 atom stereocenters. The summed E-state index contributed by atoms with van der Waals surface area (Å²) in [4.78, 5) is 81.8. The molecule has 246 valence electrons. The molecule has 0 bridgehead atoms. The highest BCUT2D eigenvalue weighted by atomic mass is 16.6. The quantitative estimate of drug-likeness (QED) is 0.101. The molecule has 2 aliphatic heterocycles. The Balaban J connectivity index is 1.32. The molecule has 2 aliphatic rings. The predicted octanol–water partition coefficient (Wildman–Crippen LogP) is 5.43. The van der Waals surface area contributed by atoms with Gasteiger partial charge in [0.2, 0.25) is 0 Å². The summed E-state index contributed by atoms with van der Waals surface area (Å²) < 4.78 is 0. The summed E-state index contributed by atoms with van der Waals surface area (Å²) in [5.41, 5.74) is 0.270. The number of imide groups is 2. The molecule has 4 aromatic carbocycles. The first-order valence-corrected chi connectivity index (χ1v) is 15.5. The van der Waals surface area contributed by atoms with Gasteiger partial charge in [0, 0.05) is 51.2 Å². The maximum absolute atomic E-state index is 14.0. The van der Waals surface area contributed by atoms with Crippen LogP contribution in [0.2, 0.25) is 0 Å². The monoisotopic (exact) mass is 652 g/mol. The second-order valence-corrected chi connectivity index (χ2v) is 12.1. The molecule has 0 aliphatic carbocycles. The number of amides is 4. The van der Waals surface area contributed by atoms with Crippen molar-refractivity contribution in [1.29, 1.82) is 0 Å². The Bertz CT molecular complexity index is 2050. The van der Waals surface area contributed by atoms with Gasteiger partial charge in [-0.15, -0.1) is 0 Å². The van der Waals surface area contributed by atoms with Gasteiger partial charge in [0.05, 0.1) is 39.1 Å². The summed E-state index contributed by atoms with van der Waals surface area (Å²) in [6.07, 6.45) is -1.81. The lowest BCUT2D eigenvalue weighted by Crippen LogP contribution is -2.64.